The van der Waals surface area contributed by atoms with Gasteiger partial charge in [-0.3, -0.25) is 0 Å². The molecule has 1 saturated heterocycles. The van der Waals surface area contributed by atoms with Crippen LogP contribution in [0.1, 0.15) is 31.7 Å². The first-order valence-corrected chi connectivity index (χ1v) is 8.65. The molecule has 0 amide bonds. The normalized spacial score (nSPS) is 21.5. The number of sulfonamides is 1. The van der Waals surface area contributed by atoms with Gasteiger partial charge in [0.1, 0.15) is 0 Å². The number of anilines is 1. The first-order chi connectivity index (χ1) is 8.84. The molecule has 1 heterocycles. The number of benzene rings is 1. The molecule has 0 aliphatic carbocycles. The molecule has 1 atom stereocenters. The highest BCUT2D eigenvalue weighted by Gasteiger charge is 2.32. The summed E-state index contributed by atoms with van der Waals surface area (Å²) in [4.78, 5) is 0.313. The Morgan fingerprint density at radius 1 is 1.37 bits per heavy atom. The zero-order valence-corrected chi connectivity index (χ0v) is 13.6. The zero-order chi connectivity index (χ0) is 14.2. The number of nitrogens with two attached hydrogens (primary N) is 1. The minimum absolute atomic E-state index is 0.0540. The fourth-order valence-electron chi connectivity index (χ4n) is 2.50. The van der Waals surface area contributed by atoms with E-state index in [0.717, 1.165) is 19.3 Å². The average Bonchev–Trinajstić information content (AvgIpc) is 2.34. The Balaban J connectivity index is 2.50. The third-order valence-electron chi connectivity index (χ3n) is 3.69. The second kappa shape index (κ2) is 5.42. The van der Waals surface area contributed by atoms with Gasteiger partial charge in [0.05, 0.1) is 4.90 Å². The summed E-state index contributed by atoms with van der Waals surface area (Å²) in [6, 6.07) is 3.43. The molecule has 1 unspecified atom stereocenters. The van der Waals surface area contributed by atoms with Crippen molar-refractivity contribution in [1.29, 1.82) is 0 Å². The highest BCUT2D eigenvalue weighted by Crippen LogP contribution is 2.31. The molecule has 1 fully saturated rings. The predicted octanol–water partition coefficient (Wildman–Crippen LogP) is 2.90. The molecule has 6 heteroatoms. The van der Waals surface area contributed by atoms with E-state index in [-0.39, 0.29) is 6.04 Å². The van der Waals surface area contributed by atoms with E-state index in [1.807, 2.05) is 6.92 Å². The minimum atomic E-state index is -3.46. The van der Waals surface area contributed by atoms with Crippen LogP contribution in [0, 0.1) is 6.92 Å². The van der Waals surface area contributed by atoms with Gasteiger partial charge < -0.3 is 5.73 Å². The number of nitrogen functional groups attached to an aromatic ring is 1. The molecule has 1 aliphatic rings. The van der Waals surface area contributed by atoms with Gasteiger partial charge in [-0.1, -0.05) is 22.4 Å². The Kier molecular flexibility index (Phi) is 4.23. The molecule has 2 N–H and O–H groups in total. The number of halogens is 1. The number of piperidine rings is 1. The fourth-order valence-corrected chi connectivity index (χ4v) is 5.11. The maximum Gasteiger partial charge on any atom is 0.243 e. The minimum Gasteiger partial charge on any atom is -0.398 e. The van der Waals surface area contributed by atoms with Gasteiger partial charge in [-0.25, -0.2) is 8.42 Å². The smallest absolute Gasteiger partial charge is 0.243 e. The van der Waals surface area contributed by atoms with Gasteiger partial charge in [0, 0.05) is 22.7 Å². The first-order valence-electron chi connectivity index (χ1n) is 6.41. The van der Waals surface area contributed by atoms with Crippen molar-refractivity contribution < 1.29 is 8.42 Å². The highest BCUT2D eigenvalue weighted by molar-refractivity contribution is 9.10. The molecule has 0 spiro atoms. The number of nitrogens with zero attached hydrogens (tertiary/aromatic N) is 1. The fraction of sp³-hybridized carbons (Fsp3) is 0.538. The monoisotopic (exact) mass is 346 g/mol. The third-order valence-corrected chi connectivity index (χ3v) is 6.29. The highest BCUT2D eigenvalue weighted by atomic mass is 79.9. The van der Waals surface area contributed by atoms with E-state index < -0.39 is 10.0 Å². The molecule has 2 rings (SSSR count). The second-order valence-corrected chi connectivity index (χ2v) is 7.85. The van der Waals surface area contributed by atoms with Gasteiger partial charge in [-0.15, -0.1) is 0 Å². The van der Waals surface area contributed by atoms with E-state index >= 15 is 0 Å². The molecular formula is C13H19BrN2O2S. The van der Waals surface area contributed by atoms with Crippen LogP contribution in [0.2, 0.25) is 0 Å². The van der Waals surface area contributed by atoms with Crippen molar-refractivity contribution in [3.05, 3.63) is 22.2 Å². The molecule has 4 nitrogen and oxygen atoms in total. The van der Waals surface area contributed by atoms with E-state index in [9.17, 15) is 8.42 Å². The van der Waals surface area contributed by atoms with Crippen molar-refractivity contribution in [3.8, 4) is 0 Å². The van der Waals surface area contributed by atoms with Crippen LogP contribution in [0.5, 0.6) is 0 Å². The Morgan fingerprint density at radius 3 is 2.68 bits per heavy atom. The number of hydrogen-bond donors (Lipinski definition) is 1. The van der Waals surface area contributed by atoms with E-state index in [4.69, 9.17) is 5.73 Å². The molecule has 1 aromatic rings. The van der Waals surface area contributed by atoms with E-state index in [1.54, 1.807) is 23.4 Å². The molecule has 0 saturated carbocycles. The maximum atomic E-state index is 12.8. The molecule has 1 aliphatic heterocycles. The quantitative estimate of drug-likeness (QED) is 0.837. The topological polar surface area (TPSA) is 63.4 Å². The van der Waals surface area contributed by atoms with Gasteiger partial charge in [0.2, 0.25) is 10.0 Å². The van der Waals surface area contributed by atoms with Crippen LogP contribution in [0.4, 0.5) is 5.69 Å². The van der Waals surface area contributed by atoms with Crippen LogP contribution < -0.4 is 5.73 Å². The summed E-state index contributed by atoms with van der Waals surface area (Å²) in [5, 5.41) is 0. The Bertz CT molecular complexity index is 587. The molecule has 106 valence electrons. The Morgan fingerprint density at radius 2 is 2.05 bits per heavy atom. The Labute approximate surface area is 123 Å². The summed E-state index contributed by atoms with van der Waals surface area (Å²) in [5.41, 5.74) is 6.99. The summed E-state index contributed by atoms with van der Waals surface area (Å²) in [6.45, 7) is 4.31. The van der Waals surface area contributed by atoms with Crippen LogP contribution in [0.15, 0.2) is 21.5 Å². The first kappa shape index (κ1) is 14.8. The third kappa shape index (κ3) is 2.80. The van der Waals surface area contributed by atoms with Crippen LogP contribution in [0.3, 0.4) is 0 Å². The zero-order valence-electron chi connectivity index (χ0n) is 11.2. The van der Waals surface area contributed by atoms with Gasteiger partial charge in [0.25, 0.3) is 0 Å². The van der Waals surface area contributed by atoms with Gasteiger partial charge >= 0.3 is 0 Å². The van der Waals surface area contributed by atoms with Crippen LogP contribution >= 0.6 is 15.9 Å². The maximum absolute atomic E-state index is 12.8. The molecule has 0 aromatic heterocycles. The van der Waals surface area contributed by atoms with E-state index in [2.05, 4.69) is 15.9 Å². The van der Waals surface area contributed by atoms with E-state index in [1.165, 1.54) is 0 Å². The van der Waals surface area contributed by atoms with Gasteiger partial charge in [-0.2, -0.15) is 4.31 Å². The average molecular weight is 347 g/mol. The summed E-state index contributed by atoms with van der Waals surface area (Å²) in [5.74, 6) is 0. The molecular weight excluding hydrogens is 328 g/mol. The van der Waals surface area contributed by atoms with E-state index in [0.29, 0.717) is 27.2 Å². The van der Waals surface area contributed by atoms with Gasteiger partial charge in [-0.05, 0) is 44.4 Å². The summed E-state index contributed by atoms with van der Waals surface area (Å²) in [6.07, 6.45) is 2.93. The van der Waals surface area contributed by atoms with Crippen molar-refractivity contribution in [1.82, 2.24) is 4.31 Å². The van der Waals surface area contributed by atoms with Gasteiger partial charge in [0.15, 0.2) is 0 Å². The molecule has 1 aromatic carbocycles. The summed E-state index contributed by atoms with van der Waals surface area (Å²) >= 11 is 3.32. The lowest BCUT2D eigenvalue weighted by molar-refractivity contribution is 0.268. The Hall–Kier alpha value is -0.590. The predicted molar refractivity (Wildman–Crippen MR) is 80.5 cm³/mol. The molecule has 0 bridgehead atoms. The molecule has 0 radical (unpaired) electrons. The standard InChI is InChI=1S/C13H19BrN2O2S/c1-9-5-3-4-6-16(9)19(17,18)13-8-11(14)7-12(15)10(13)2/h7-9H,3-6,15H2,1-2H3. The lowest BCUT2D eigenvalue weighted by atomic mass is 10.1. The summed E-state index contributed by atoms with van der Waals surface area (Å²) in [7, 11) is -3.46. The van der Waals surface area contributed by atoms with Crippen molar-refractivity contribution in [2.45, 2.75) is 44.0 Å². The molecule has 19 heavy (non-hydrogen) atoms. The van der Waals surface area contributed by atoms with Crippen molar-refractivity contribution in [2.24, 2.45) is 0 Å². The van der Waals surface area contributed by atoms with Crippen molar-refractivity contribution in [2.75, 3.05) is 12.3 Å². The largest absolute Gasteiger partial charge is 0.398 e. The second-order valence-electron chi connectivity index (χ2n) is 5.08. The van der Waals surface area contributed by atoms with Crippen molar-refractivity contribution >= 4 is 31.6 Å². The lowest BCUT2D eigenvalue weighted by Crippen LogP contribution is -2.42. The van der Waals surface area contributed by atoms with Crippen LogP contribution in [-0.4, -0.2) is 25.3 Å². The van der Waals surface area contributed by atoms with Crippen LogP contribution in [-0.2, 0) is 10.0 Å². The number of hydrogen-bond acceptors (Lipinski definition) is 3. The number of rotatable bonds is 2. The van der Waals surface area contributed by atoms with Crippen molar-refractivity contribution in [3.63, 3.8) is 0 Å². The van der Waals surface area contributed by atoms with Crippen LogP contribution in [0.25, 0.3) is 0 Å². The summed E-state index contributed by atoms with van der Waals surface area (Å²) < 4.78 is 27.8. The SMILES string of the molecule is Cc1c(N)cc(Br)cc1S(=O)(=O)N1CCCCC1C. The lowest BCUT2D eigenvalue weighted by Gasteiger charge is -2.32.